The minimum Gasteiger partial charge on any atom is -0.497 e. The maximum atomic E-state index is 12.1. The third kappa shape index (κ3) is 5.52. The smallest absolute Gasteiger partial charge is 0.306 e. The van der Waals surface area contributed by atoms with Gasteiger partial charge in [-0.3, -0.25) is 9.52 Å². The van der Waals surface area contributed by atoms with Gasteiger partial charge in [-0.1, -0.05) is 15.9 Å². The van der Waals surface area contributed by atoms with Crippen LogP contribution in [0.4, 0.5) is 5.69 Å². The van der Waals surface area contributed by atoms with E-state index in [2.05, 4.69) is 25.4 Å². The number of benzene rings is 1. The predicted octanol–water partition coefficient (Wildman–Crippen LogP) is 1.61. The quantitative estimate of drug-likeness (QED) is 0.726. The summed E-state index contributed by atoms with van der Waals surface area (Å²) in [6.07, 6.45) is -0.0181. The van der Waals surface area contributed by atoms with Crippen molar-refractivity contribution in [2.45, 2.75) is 6.42 Å². The van der Waals surface area contributed by atoms with Crippen LogP contribution in [-0.4, -0.2) is 46.5 Å². The molecule has 0 amide bonds. The minimum atomic E-state index is -3.76. The van der Waals surface area contributed by atoms with Crippen LogP contribution < -0.4 is 9.46 Å². The lowest BCUT2D eigenvalue weighted by atomic mass is 10.3. The van der Waals surface area contributed by atoms with Gasteiger partial charge >= 0.3 is 16.2 Å². The van der Waals surface area contributed by atoms with Gasteiger partial charge in [0.2, 0.25) is 0 Å². The first-order valence-electron chi connectivity index (χ1n) is 5.94. The third-order valence-electron chi connectivity index (χ3n) is 2.62. The molecule has 0 aromatic heterocycles. The zero-order valence-electron chi connectivity index (χ0n) is 11.9. The Morgan fingerprint density at radius 2 is 2.00 bits per heavy atom. The summed E-state index contributed by atoms with van der Waals surface area (Å²) >= 11 is 3.27. The number of hydrogen-bond donors (Lipinski definition) is 1. The van der Waals surface area contributed by atoms with Gasteiger partial charge in [0.1, 0.15) is 5.75 Å². The fraction of sp³-hybridized carbons (Fsp3) is 0.417. The van der Waals surface area contributed by atoms with Gasteiger partial charge in [0.05, 0.1) is 26.3 Å². The van der Waals surface area contributed by atoms with Crippen LogP contribution in [0.1, 0.15) is 6.42 Å². The van der Waals surface area contributed by atoms with E-state index >= 15 is 0 Å². The van der Waals surface area contributed by atoms with E-state index in [0.717, 1.165) is 4.31 Å². The first-order chi connectivity index (χ1) is 9.78. The average molecular weight is 381 g/mol. The highest BCUT2D eigenvalue weighted by Gasteiger charge is 2.19. The van der Waals surface area contributed by atoms with Crippen molar-refractivity contribution >= 4 is 37.8 Å². The summed E-state index contributed by atoms with van der Waals surface area (Å²) in [6, 6.07) is 4.86. The molecule has 0 unspecified atom stereocenters. The van der Waals surface area contributed by atoms with Crippen LogP contribution in [0.5, 0.6) is 5.75 Å². The van der Waals surface area contributed by atoms with Crippen molar-refractivity contribution in [1.29, 1.82) is 0 Å². The van der Waals surface area contributed by atoms with Crippen LogP contribution in [0.15, 0.2) is 22.7 Å². The van der Waals surface area contributed by atoms with Crippen molar-refractivity contribution in [2.75, 3.05) is 32.5 Å². The van der Waals surface area contributed by atoms with Gasteiger partial charge in [0.15, 0.2) is 0 Å². The lowest BCUT2D eigenvalue weighted by Gasteiger charge is -2.18. The Morgan fingerprint density at radius 3 is 2.57 bits per heavy atom. The second kappa shape index (κ2) is 7.62. The predicted molar refractivity (Wildman–Crippen MR) is 82.5 cm³/mol. The van der Waals surface area contributed by atoms with Gasteiger partial charge in [0, 0.05) is 24.1 Å². The van der Waals surface area contributed by atoms with Gasteiger partial charge in [-0.15, -0.1) is 0 Å². The van der Waals surface area contributed by atoms with E-state index in [-0.39, 0.29) is 13.0 Å². The third-order valence-corrected chi connectivity index (χ3v) is 4.58. The zero-order valence-corrected chi connectivity index (χ0v) is 14.3. The Kier molecular flexibility index (Phi) is 6.43. The molecule has 0 aliphatic heterocycles. The zero-order chi connectivity index (χ0) is 16.0. The van der Waals surface area contributed by atoms with E-state index in [4.69, 9.17) is 4.74 Å². The highest BCUT2D eigenvalue weighted by atomic mass is 79.9. The molecule has 7 nitrogen and oxygen atoms in total. The molecule has 0 radical (unpaired) electrons. The van der Waals surface area contributed by atoms with Crippen LogP contribution in [0.25, 0.3) is 0 Å². The first kappa shape index (κ1) is 17.7. The van der Waals surface area contributed by atoms with Crippen molar-refractivity contribution < 1.29 is 22.7 Å². The molecule has 0 fully saturated rings. The molecule has 1 aromatic rings. The molecule has 0 spiro atoms. The highest BCUT2D eigenvalue weighted by Crippen LogP contribution is 2.25. The minimum absolute atomic E-state index is 0.0181. The SMILES string of the molecule is COC(=O)CCN(C)S(=O)(=O)Nc1cc(Br)cc(OC)c1. The second-order valence-corrected chi connectivity index (χ2v) is 6.83. The van der Waals surface area contributed by atoms with Gasteiger partial charge in [-0.25, -0.2) is 0 Å². The van der Waals surface area contributed by atoms with Gasteiger partial charge < -0.3 is 9.47 Å². The molecule has 1 aromatic carbocycles. The molecule has 0 heterocycles. The number of anilines is 1. The second-order valence-electron chi connectivity index (χ2n) is 4.13. The van der Waals surface area contributed by atoms with Gasteiger partial charge in [-0.05, 0) is 12.1 Å². The monoisotopic (exact) mass is 380 g/mol. The molecular formula is C12H17BrN2O5S. The van der Waals surface area contributed by atoms with E-state index in [9.17, 15) is 13.2 Å². The Labute approximate surface area is 132 Å². The fourth-order valence-corrected chi connectivity index (χ4v) is 2.81. The van der Waals surface area contributed by atoms with Crippen molar-refractivity contribution in [3.05, 3.63) is 22.7 Å². The summed E-state index contributed by atoms with van der Waals surface area (Å²) in [4.78, 5) is 11.0. The average Bonchev–Trinajstić information content (AvgIpc) is 2.42. The molecule has 21 heavy (non-hydrogen) atoms. The Bertz CT molecular complexity index is 606. The van der Waals surface area contributed by atoms with Crippen LogP contribution in [-0.2, 0) is 19.7 Å². The van der Waals surface area contributed by atoms with E-state index < -0.39 is 16.2 Å². The summed E-state index contributed by atoms with van der Waals surface area (Å²) in [6.45, 7) is 0.0210. The molecule has 0 saturated heterocycles. The molecule has 1 rings (SSSR count). The van der Waals surface area contributed by atoms with E-state index in [1.807, 2.05) is 0 Å². The molecule has 0 aliphatic carbocycles. The van der Waals surface area contributed by atoms with Gasteiger partial charge in [-0.2, -0.15) is 12.7 Å². The molecular weight excluding hydrogens is 364 g/mol. The number of nitrogens with one attached hydrogen (secondary N) is 1. The molecule has 0 saturated carbocycles. The number of ether oxygens (including phenoxy) is 2. The molecule has 0 atom stereocenters. The molecule has 0 bridgehead atoms. The maximum Gasteiger partial charge on any atom is 0.306 e. The van der Waals surface area contributed by atoms with E-state index in [1.165, 1.54) is 21.3 Å². The lowest BCUT2D eigenvalue weighted by molar-refractivity contribution is -0.140. The van der Waals surface area contributed by atoms with Crippen molar-refractivity contribution in [2.24, 2.45) is 0 Å². The van der Waals surface area contributed by atoms with Crippen LogP contribution in [0.3, 0.4) is 0 Å². The molecule has 118 valence electrons. The topological polar surface area (TPSA) is 84.9 Å². The summed E-state index contributed by atoms with van der Waals surface area (Å²) in [5.41, 5.74) is 0.353. The Balaban J connectivity index is 2.80. The summed E-state index contributed by atoms with van der Waals surface area (Å²) < 4.78 is 37.9. The van der Waals surface area contributed by atoms with Crippen LogP contribution in [0.2, 0.25) is 0 Å². The maximum absolute atomic E-state index is 12.1. The van der Waals surface area contributed by atoms with Crippen molar-refractivity contribution in [3.8, 4) is 5.75 Å². The molecule has 9 heteroatoms. The number of esters is 1. The summed E-state index contributed by atoms with van der Waals surface area (Å²) in [5, 5.41) is 0. The van der Waals surface area contributed by atoms with E-state index in [1.54, 1.807) is 18.2 Å². The first-order valence-corrected chi connectivity index (χ1v) is 8.17. The number of halogens is 1. The van der Waals surface area contributed by atoms with Crippen molar-refractivity contribution in [1.82, 2.24) is 4.31 Å². The van der Waals surface area contributed by atoms with Crippen LogP contribution in [0, 0.1) is 0 Å². The number of carbonyl (C=O) groups excluding carboxylic acids is 1. The number of rotatable bonds is 7. The highest BCUT2D eigenvalue weighted by molar-refractivity contribution is 9.10. The number of carbonyl (C=O) groups is 1. The van der Waals surface area contributed by atoms with E-state index in [0.29, 0.717) is 15.9 Å². The standard InChI is InChI=1S/C12H17BrN2O5S/c1-15(5-4-12(16)20-3)21(17,18)14-10-6-9(13)7-11(8-10)19-2/h6-8,14H,4-5H2,1-3H3. The van der Waals surface area contributed by atoms with Crippen LogP contribution >= 0.6 is 15.9 Å². The number of hydrogen-bond acceptors (Lipinski definition) is 5. The normalized spacial score (nSPS) is 11.3. The van der Waals surface area contributed by atoms with Gasteiger partial charge in [0.25, 0.3) is 0 Å². The number of methoxy groups -OCH3 is 2. The summed E-state index contributed by atoms with van der Waals surface area (Å²) in [7, 11) is 0.357. The lowest BCUT2D eigenvalue weighted by Crippen LogP contribution is -2.34. The molecule has 0 aliphatic rings. The fourth-order valence-electron chi connectivity index (χ4n) is 1.44. The Hall–Kier alpha value is -1.32. The Morgan fingerprint density at radius 1 is 1.33 bits per heavy atom. The summed E-state index contributed by atoms with van der Waals surface area (Å²) in [5.74, 6) is 0.0421. The number of nitrogens with zero attached hydrogens (tertiary/aromatic N) is 1. The largest absolute Gasteiger partial charge is 0.497 e. The van der Waals surface area contributed by atoms with Crippen molar-refractivity contribution in [3.63, 3.8) is 0 Å². The molecule has 1 N–H and O–H groups in total.